The van der Waals surface area contributed by atoms with Crippen molar-refractivity contribution in [1.29, 1.82) is 0 Å². The Kier molecular flexibility index (Phi) is 5.25. The lowest BCUT2D eigenvalue weighted by Gasteiger charge is -2.29. The van der Waals surface area contributed by atoms with Gasteiger partial charge in [0.1, 0.15) is 0 Å². The van der Waals surface area contributed by atoms with E-state index in [9.17, 15) is 4.79 Å². The molecule has 7 heteroatoms. The predicted molar refractivity (Wildman–Crippen MR) is 102 cm³/mol. The lowest BCUT2D eigenvalue weighted by Crippen LogP contribution is -2.39. The highest BCUT2D eigenvalue weighted by molar-refractivity contribution is 6.33. The van der Waals surface area contributed by atoms with Crippen LogP contribution in [0, 0.1) is 0 Å². The van der Waals surface area contributed by atoms with Crippen molar-refractivity contribution in [3.05, 3.63) is 23.2 Å². The summed E-state index contributed by atoms with van der Waals surface area (Å²) in [5.74, 6) is 0. The summed E-state index contributed by atoms with van der Waals surface area (Å²) in [7, 11) is 0. The molecule has 2 heterocycles. The number of morpholine rings is 1. The van der Waals surface area contributed by atoms with Crippen LogP contribution in [0.1, 0.15) is 32.1 Å². The first-order valence-corrected chi connectivity index (χ1v) is 9.85. The van der Waals surface area contributed by atoms with Gasteiger partial charge in [0.2, 0.25) is 0 Å². The van der Waals surface area contributed by atoms with E-state index in [0.29, 0.717) is 17.3 Å². The van der Waals surface area contributed by atoms with Crippen LogP contribution in [0.4, 0.5) is 16.2 Å². The molecule has 1 saturated carbocycles. The molecule has 0 bridgehead atoms. The molecule has 3 aliphatic rings. The maximum Gasteiger partial charge on any atom is 0.319 e. The van der Waals surface area contributed by atoms with Gasteiger partial charge in [-0.05, 0) is 37.5 Å². The Labute approximate surface area is 159 Å². The standard InChI is InChI=1S/C19H26ClN3O3/c20-16-4-3-15(23-7-9-25-10-8-23)11-17(16)22-18(24)21-14-12-19(26-13-14)5-1-2-6-19/h3-4,11,14H,1-2,5-10,12-13H2,(H2,21,22,24)/t14-/m0/s1. The molecule has 0 radical (unpaired) electrons. The van der Waals surface area contributed by atoms with Gasteiger partial charge in [-0.2, -0.15) is 0 Å². The molecule has 0 unspecified atom stereocenters. The summed E-state index contributed by atoms with van der Waals surface area (Å²) >= 11 is 6.28. The number of carbonyl (C=O) groups excluding carboxylic acids is 1. The molecule has 0 aromatic heterocycles. The third-order valence-electron chi connectivity index (χ3n) is 5.63. The first-order valence-electron chi connectivity index (χ1n) is 9.47. The van der Waals surface area contributed by atoms with Crippen LogP contribution in [0.15, 0.2) is 18.2 Å². The maximum atomic E-state index is 12.4. The monoisotopic (exact) mass is 379 g/mol. The van der Waals surface area contributed by atoms with Gasteiger partial charge in [0, 0.05) is 18.8 Å². The zero-order valence-electron chi connectivity index (χ0n) is 14.9. The number of anilines is 2. The number of ether oxygens (including phenoxy) is 2. The van der Waals surface area contributed by atoms with Gasteiger partial charge in [0.15, 0.2) is 0 Å². The fraction of sp³-hybridized carbons (Fsp3) is 0.632. The number of nitrogens with one attached hydrogen (secondary N) is 2. The van der Waals surface area contributed by atoms with Crippen molar-refractivity contribution in [2.45, 2.75) is 43.7 Å². The number of benzene rings is 1. The third kappa shape index (κ3) is 3.92. The average molecular weight is 380 g/mol. The van der Waals surface area contributed by atoms with Crippen LogP contribution in [0.3, 0.4) is 0 Å². The van der Waals surface area contributed by atoms with Gasteiger partial charge >= 0.3 is 6.03 Å². The van der Waals surface area contributed by atoms with Crippen molar-refractivity contribution in [2.75, 3.05) is 43.1 Å². The molecular formula is C19H26ClN3O3. The number of carbonyl (C=O) groups is 1. The second-order valence-electron chi connectivity index (χ2n) is 7.46. The van der Waals surface area contributed by atoms with Crippen molar-refractivity contribution in [3.8, 4) is 0 Å². The van der Waals surface area contributed by atoms with Crippen LogP contribution in [0.5, 0.6) is 0 Å². The highest BCUT2D eigenvalue weighted by Crippen LogP contribution is 2.40. The van der Waals surface area contributed by atoms with Crippen LogP contribution in [0.25, 0.3) is 0 Å². The smallest absolute Gasteiger partial charge is 0.319 e. The minimum atomic E-state index is -0.227. The molecule has 26 heavy (non-hydrogen) atoms. The maximum absolute atomic E-state index is 12.4. The van der Waals surface area contributed by atoms with Crippen molar-refractivity contribution < 1.29 is 14.3 Å². The van der Waals surface area contributed by atoms with E-state index in [1.165, 1.54) is 12.8 Å². The fourth-order valence-electron chi connectivity index (χ4n) is 4.28. The van der Waals surface area contributed by atoms with Crippen molar-refractivity contribution >= 4 is 29.0 Å². The lowest BCUT2D eigenvalue weighted by atomic mass is 9.96. The minimum absolute atomic E-state index is 0.00580. The summed E-state index contributed by atoms with van der Waals surface area (Å²) in [5, 5.41) is 6.47. The Morgan fingerprint density at radius 3 is 2.77 bits per heavy atom. The van der Waals surface area contributed by atoms with E-state index >= 15 is 0 Å². The van der Waals surface area contributed by atoms with Gasteiger partial charge in [-0.15, -0.1) is 0 Å². The summed E-state index contributed by atoms with van der Waals surface area (Å²) < 4.78 is 11.4. The van der Waals surface area contributed by atoms with Crippen LogP contribution < -0.4 is 15.5 Å². The molecule has 1 aromatic rings. The molecule has 1 atom stereocenters. The highest BCUT2D eigenvalue weighted by atomic mass is 35.5. The van der Waals surface area contributed by atoms with E-state index in [1.807, 2.05) is 18.2 Å². The Bertz CT molecular complexity index is 657. The molecule has 1 aromatic carbocycles. The van der Waals surface area contributed by atoms with Crippen LogP contribution >= 0.6 is 11.6 Å². The van der Waals surface area contributed by atoms with E-state index in [2.05, 4.69) is 15.5 Å². The van der Waals surface area contributed by atoms with E-state index in [-0.39, 0.29) is 17.7 Å². The van der Waals surface area contributed by atoms with Gasteiger partial charge in [0.25, 0.3) is 0 Å². The van der Waals surface area contributed by atoms with Crippen molar-refractivity contribution in [1.82, 2.24) is 5.32 Å². The van der Waals surface area contributed by atoms with Crippen LogP contribution in [-0.2, 0) is 9.47 Å². The Morgan fingerprint density at radius 1 is 1.23 bits per heavy atom. The summed E-state index contributed by atoms with van der Waals surface area (Å²) in [6.45, 7) is 3.71. The first kappa shape index (κ1) is 17.9. The van der Waals surface area contributed by atoms with Crippen LogP contribution in [-0.4, -0.2) is 50.6 Å². The zero-order valence-corrected chi connectivity index (χ0v) is 15.7. The topological polar surface area (TPSA) is 62.8 Å². The van der Waals surface area contributed by atoms with Crippen LogP contribution in [0.2, 0.25) is 5.02 Å². The Morgan fingerprint density at radius 2 is 2.00 bits per heavy atom. The zero-order chi connectivity index (χ0) is 18.0. The molecule has 2 amide bonds. The number of amides is 2. The average Bonchev–Trinajstić information content (AvgIpc) is 3.27. The van der Waals surface area contributed by atoms with Gasteiger partial charge in [0.05, 0.1) is 42.2 Å². The third-order valence-corrected chi connectivity index (χ3v) is 5.96. The second-order valence-corrected chi connectivity index (χ2v) is 7.87. The van der Waals surface area contributed by atoms with E-state index in [1.54, 1.807) is 0 Å². The number of halogens is 1. The number of hydrogen-bond donors (Lipinski definition) is 2. The number of nitrogens with zero attached hydrogens (tertiary/aromatic N) is 1. The normalized spacial score (nSPS) is 24.8. The summed E-state index contributed by atoms with van der Waals surface area (Å²) in [5.41, 5.74) is 1.68. The number of rotatable bonds is 3. The molecular weight excluding hydrogens is 354 g/mol. The van der Waals surface area contributed by atoms with Gasteiger partial charge in [-0.25, -0.2) is 4.79 Å². The van der Waals surface area contributed by atoms with E-state index < -0.39 is 0 Å². The number of hydrogen-bond acceptors (Lipinski definition) is 4. The molecule has 142 valence electrons. The van der Waals surface area contributed by atoms with E-state index in [0.717, 1.165) is 51.3 Å². The minimum Gasteiger partial charge on any atom is -0.378 e. The largest absolute Gasteiger partial charge is 0.378 e. The molecule has 2 saturated heterocycles. The molecule has 3 fully saturated rings. The molecule has 4 rings (SSSR count). The van der Waals surface area contributed by atoms with Gasteiger partial charge < -0.3 is 25.0 Å². The summed E-state index contributed by atoms with van der Waals surface area (Å²) in [4.78, 5) is 14.7. The first-order chi connectivity index (χ1) is 12.6. The number of urea groups is 1. The molecule has 1 aliphatic carbocycles. The Hall–Kier alpha value is -1.50. The van der Waals surface area contributed by atoms with Crippen molar-refractivity contribution in [3.63, 3.8) is 0 Å². The second kappa shape index (κ2) is 7.62. The lowest BCUT2D eigenvalue weighted by molar-refractivity contribution is 0.00998. The Balaban J connectivity index is 1.36. The quantitative estimate of drug-likeness (QED) is 0.844. The van der Waals surface area contributed by atoms with Gasteiger partial charge in [-0.3, -0.25) is 0 Å². The summed E-state index contributed by atoms with van der Waals surface area (Å²) in [6.07, 6.45) is 5.58. The van der Waals surface area contributed by atoms with E-state index in [4.69, 9.17) is 21.1 Å². The molecule has 6 nitrogen and oxygen atoms in total. The summed E-state index contributed by atoms with van der Waals surface area (Å²) in [6, 6.07) is 5.57. The molecule has 2 N–H and O–H groups in total. The predicted octanol–water partition coefficient (Wildman–Crippen LogP) is 3.40. The van der Waals surface area contributed by atoms with Crippen molar-refractivity contribution in [2.24, 2.45) is 0 Å². The molecule has 1 spiro atoms. The SMILES string of the molecule is O=C(Nc1cc(N2CCOCC2)ccc1Cl)N[C@@H]1COC2(CCCC2)C1. The fourth-order valence-corrected chi connectivity index (χ4v) is 4.44. The highest BCUT2D eigenvalue weighted by Gasteiger charge is 2.42. The van der Waals surface area contributed by atoms with Gasteiger partial charge in [-0.1, -0.05) is 24.4 Å². The molecule has 2 aliphatic heterocycles.